The minimum absolute atomic E-state index is 0.0683. The summed E-state index contributed by atoms with van der Waals surface area (Å²) in [7, 11) is 0. The Bertz CT molecular complexity index is 77.1. The Hall–Kier alpha value is -0.180. The van der Waals surface area contributed by atoms with Crippen molar-refractivity contribution in [2.24, 2.45) is 0 Å². The molecule has 3 heteroatoms. The Morgan fingerprint density at radius 1 is 1.22 bits per heavy atom. The Morgan fingerprint density at radius 2 is 2.00 bits per heavy atom. The molecule has 0 bridgehead atoms. The molecular formula is C6H10F2O. The van der Waals surface area contributed by atoms with Gasteiger partial charge in [-0.1, -0.05) is 0 Å². The molecule has 1 aliphatic rings. The lowest BCUT2D eigenvalue weighted by Crippen LogP contribution is -2.19. The number of alkyl halides is 2. The Balaban J connectivity index is 2.32. The van der Waals surface area contributed by atoms with E-state index in [9.17, 15) is 8.78 Å². The van der Waals surface area contributed by atoms with Crippen molar-refractivity contribution in [3.8, 4) is 0 Å². The fourth-order valence-electron chi connectivity index (χ4n) is 0.862. The third kappa shape index (κ3) is 1.90. The first-order valence-corrected chi connectivity index (χ1v) is 3.16. The molecule has 0 aliphatic carbocycles. The maximum Gasteiger partial charge on any atom is 0.154 e. The van der Waals surface area contributed by atoms with Crippen molar-refractivity contribution >= 4 is 0 Å². The molecule has 1 saturated heterocycles. The van der Waals surface area contributed by atoms with E-state index in [0.29, 0.717) is 19.4 Å². The first-order chi connectivity index (χ1) is 4.30. The molecule has 54 valence electrons. The smallest absolute Gasteiger partial charge is 0.154 e. The third-order valence-electron chi connectivity index (χ3n) is 1.44. The van der Waals surface area contributed by atoms with E-state index in [-0.39, 0.29) is 6.61 Å². The van der Waals surface area contributed by atoms with Crippen molar-refractivity contribution in [3.05, 3.63) is 0 Å². The van der Waals surface area contributed by atoms with Crippen molar-refractivity contribution in [2.45, 2.75) is 25.2 Å². The Labute approximate surface area is 53.0 Å². The van der Waals surface area contributed by atoms with Gasteiger partial charge in [0.25, 0.3) is 0 Å². The van der Waals surface area contributed by atoms with E-state index >= 15 is 0 Å². The minimum Gasteiger partial charge on any atom is -0.378 e. The summed E-state index contributed by atoms with van der Waals surface area (Å²) in [6.45, 7) is 0.433. The average Bonchev–Trinajstić information content (AvgIpc) is 1.99. The summed E-state index contributed by atoms with van der Waals surface area (Å²) in [4.78, 5) is 0. The lowest BCUT2D eigenvalue weighted by atomic mass is 10.2. The van der Waals surface area contributed by atoms with Crippen LogP contribution in [0.3, 0.4) is 0 Å². The van der Waals surface area contributed by atoms with Crippen molar-refractivity contribution < 1.29 is 13.5 Å². The predicted molar refractivity (Wildman–Crippen MR) is 29.8 cm³/mol. The van der Waals surface area contributed by atoms with Crippen LogP contribution in [-0.2, 0) is 4.74 Å². The van der Waals surface area contributed by atoms with Crippen molar-refractivity contribution in [1.82, 2.24) is 0 Å². The number of hydrogen-bond donors (Lipinski definition) is 0. The second-order valence-corrected chi connectivity index (χ2v) is 2.25. The molecule has 0 aromatic rings. The highest BCUT2D eigenvalue weighted by atomic mass is 19.2. The summed E-state index contributed by atoms with van der Waals surface area (Å²) in [6.07, 6.45) is -1.75. The number of rotatable bonds is 0. The molecule has 1 heterocycles. The van der Waals surface area contributed by atoms with E-state index in [4.69, 9.17) is 4.74 Å². The van der Waals surface area contributed by atoms with Gasteiger partial charge >= 0.3 is 0 Å². The molecule has 2 unspecified atom stereocenters. The minimum atomic E-state index is -1.40. The van der Waals surface area contributed by atoms with E-state index in [1.165, 1.54) is 0 Å². The van der Waals surface area contributed by atoms with E-state index < -0.39 is 12.3 Å². The molecule has 1 fully saturated rings. The Kier molecular flexibility index (Phi) is 2.39. The van der Waals surface area contributed by atoms with Gasteiger partial charge in [-0.2, -0.15) is 0 Å². The highest BCUT2D eigenvalue weighted by molar-refractivity contribution is 4.69. The highest BCUT2D eigenvalue weighted by Crippen LogP contribution is 2.14. The van der Waals surface area contributed by atoms with Gasteiger partial charge in [-0.25, -0.2) is 8.78 Å². The standard InChI is InChI=1S/C6H10F2O/c7-5-2-1-3-9-4-6(5)8/h5-6H,1-4H2. The summed E-state index contributed by atoms with van der Waals surface area (Å²) in [6, 6.07) is 0. The van der Waals surface area contributed by atoms with Crippen LogP contribution in [0.25, 0.3) is 0 Å². The first kappa shape index (κ1) is 6.93. The van der Waals surface area contributed by atoms with E-state index in [1.807, 2.05) is 0 Å². The fourth-order valence-corrected chi connectivity index (χ4v) is 0.862. The SMILES string of the molecule is FC1CCCOCC1F. The predicted octanol–water partition coefficient (Wildman–Crippen LogP) is 1.47. The van der Waals surface area contributed by atoms with Gasteiger partial charge in [0.2, 0.25) is 0 Å². The van der Waals surface area contributed by atoms with E-state index in [2.05, 4.69) is 0 Å². The molecule has 2 atom stereocenters. The highest BCUT2D eigenvalue weighted by Gasteiger charge is 2.22. The summed E-state index contributed by atoms with van der Waals surface area (Å²) < 4.78 is 29.5. The van der Waals surface area contributed by atoms with Gasteiger partial charge in [0, 0.05) is 6.61 Å². The van der Waals surface area contributed by atoms with Gasteiger partial charge < -0.3 is 4.74 Å². The molecule has 0 spiro atoms. The number of ether oxygens (including phenoxy) is 1. The van der Waals surface area contributed by atoms with E-state index in [0.717, 1.165) is 0 Å². The van der Waals surface area contributed by atoms with Crippen LogP contribution in [0.1, 0.15) is 12.8 Å². The molecular weight excluding hydrogens is 126 g/mol. The molecule has 0 aromatic carbocycles. The molecule has 0 N–H and O–H groups in total. The Morgan fingerprint density at radius 3 is 2.78 bits per heavy atom. The lowest BCUT2D eigenvalue weighted by Gasteiger charge is -2.06. The fraction of sp³-hybridized carbons (Fsp3) is 1.00. The van der Waals surface area contributed by atoms with Crippen LogP contribution in [0.2, 0.25) is 0 Å². The maximum atomic E-state index is 12.4. The topological polar surface area (TPSA) is 9.23 Å². The van der Waals surface area contributed by atoms with Crippen LogP contribution < -0.4 is 0 Å². The zero-order valence-corrected chi connectivity index (χ0v) is 5.15. The molecule has 0 radical (unpaired) electrons. The molecule has 1 aliphatic heterocycles. The summed E-state index contributed by atoms with van der Waals surface area (Å²) in [5, 5.41) is 0. The van der Waals surface area contributed by atoms with Gasteiger partial charge in [-0.15, -0.1) is 0 Å². The monoisotopic (exact) mass is 136 g/mol. The van der Waals surface area contributed by atoms with Crippen LogP contribution in [0.15, 0.2) is 0 Å². The maximum absolute atomic E-state index is 12.4. The number of hydrogen-bond acceptors (Lipinski definition) is 1. The lowest BCUT2D eigenvalue weighted by molar-refractivity contribution is 0.0699. The van der Waals surface area contributed by atoms with Crippen molar-refractivity contribution in [1.29, 1.82) is 0 Å². The van der Waals surface area contributed by atoms with Crippen LogP contribution >= 0.6 is 0 Å². The van der Waals surface area contributed by atoms with Gasteiger partial charge in [-0.05, 0) is 12.8 Å². The molecule has 1 rings (SSSR count). The van der Waals surface area contributed by atoms with Crippen LogP contribution in [-0.4, -0.2) is 25.6 Å². The molecule has 9 heavy (non-hydrogen) atoms. The zero-order valence-electron chi connectivity index (χ0n) is 5.15. The second-order valence-electron chi connectivity index (χ2n) is 2.25. The van der Waals surface area contributed by atoms with Crippen LogP contribution in [0.5, 0.6) is 0 Å². The van der Waals surface area contributed by atoms with Crippen molar-refractivity contribution in [2.75, 3.05) is 13.2 Å². The third-order valence-corrected chi connectivity index (χ3v) is 1.44. The zero-order chi connectivity index (χ0) is 6.69. The van der Waals surface area contributed by atoms with Crippen LogP contribution in [0, 0.1) is 0 Å². The van der Waals surface area contributed by atoms with Gasteiger partial charge in [0.1, 0.15) is 6.17 Å². The van der Waals surface area contributed by atoms with Gasteiger partial charge in [-0.3, -0.25) is 0 Å². The number of halogens is 2. The molecule has 0 aromatic heterocycles. The average molecular weight is 136 g/mol. The van der Waals surface area contributed by atoms with Gasteiger partial charge in [0.15, 0.2) is 6.17 Å². The van der Waals surface area contributed by atoms with Crippen LogP contribution in [0.4, 0.5) is 8.78 Å². The second kappa shape index (κ2) is 3.11. The normalized spacial score (nSPS) is 38.0. The van der Waals surface area contributed by atoms with Gasteiger partial charge in [0.05, 0.1) is 6.61 Å². The molecule has 1 nitrogen and oxygen atoms in total. The first-order valence-electron chi connectivity index (χ1n) is 3.16. The molecule has 0 amide bonds. The van der Waals surface area contributed by atoms with E-state index in [1.54, 1.807) is 0 Å². The summed E-state index contributed by atoms with van der Waals surface area (Å²) in [5.74, 6) is 0. The summed E-state index contributed by atoms with van der Waals surface area (Å²) in [5.41, 5.74) is 0. The molecule has 0 saturated carbocycles. The van der Waals surface area contributed by atoms with Crippen molar-refractivity contribution in [3.63, 3.8) is 0 Å². The quantitative estimate of drug-likeness (QED) is 0.490. The largest absolute Gasteiger partial charge is 0.378 e. The summed E-state index contributed by atoms with van der Waals surface area (Å²) >= 11 is 0.